The van der Waals surface area contributed by atoms with Crippen LogP contribution < -0.4 is 0 Å². The van der Waals surface area contributed by atoms with Crippen LogP contribution >= 0.6 is 0 Å². The van der Waals surface area contributed by atoms with E-state index in [4.69, 9.17) is 0 Å². The van der Waals surface area contributed by atoms with E-state index in [-0.39, 0.29) is 0 Å². The summed E-state index contributed by atoms with van der Waals surface area (Å²) in [5.41, 5.74) is 3.73. The molecule has 0 aromatic heterocycles. The van der Waals surface area contributed by atoms with Crippen molar-refractivity contribution in [2.24, 2.45) is 0 Å². The Kier molecular flexibility index (Phi) is 6.62. The van der Waals surface area contributed by atoms with E-state index in [1.54, 1.807) is 6.08 Å². The molecule has 0 heteroatoms. The molecule has 0 fully saturated rings. The van der Waals surface area contributed by atoms with E-state index in [1.165, 1.54) is 5.56 Å². The summed E-state index contributed by atoms with van der Waals surface area (Å²) in [5.74, 6) is 0. The summed E-state index contributed by atoms with van der Waals surface area (Å²) in [5, 5.41) is 0. The molecule has 0 amide bonds. The van der Waals surface area contributed by atoms with Crippen LogP contribution in [0.1, 0.15) is 12.5 Å². The molecule has 0 radical (unpaired) electrons. The molecule has 1 rings (SSSR count). The Morgan fingerprint density at radius 3 is 2.00 bits per heavy atom. The van der Waals surface area contributed by atoms with E-state index in [1.807, 2.05) is 43.3 Å². The first-order chi connectivity index (χ1) is 5.85. The number of rotatable bonds is 1. The largest absolute Gasteiger partial charge is 0.133 e. The first-order valence-electron chi connectivity index (χ1n) is 3.83. The van der Waals surface area contributed by atoms with Crippen LogP contribution in [0.3, 0.4) is 0 Å². The van der Waals surface area contributed by atoms with Gasteiger partial charge in [-0.15, -0.1) is 5.73 Å². The van der Waals surface area contributed by atoms with Crippen molar-refractivity contribution in [2.45, 2.75) is 6.92 Å². The third-order valence-corrected chi connectivity index (χ3v) is 1.24. The minimum Gasteiger partial charge on any atom is -0.133 e. The zero-order chi connectivity index (χ0) is 9.23. The van der Waals surface area contributed by atoms with Crippen LogP contribution in [0.2, 0.25) is 0 Å². The lowest BCUT2D eigenvalue weighted by molar-refractivity contribution is 1.67. The van der Waals surface area contributed by atoms with E-state index < -0.39 is 0 Å². The van der Waals surface area contributed by atoms with Crippen LogP contribution in [0.5, 0.6) is 0 Å². The highest BCUT2D eigenvalue weighted by molar-refractivity contribution is 5.45. The van der Waals surface area contributed by atoms with Gasteiger partial charge in [-0.1, -0.05) is 49.6 Å². The maximum atomic E-state index is 3.63. The Morgan fingerprint density at radius 1 is 1.25 bits per heavy atom. The van der Waals surface area contributed by atoms with Gasteiger partial charge in [0.2, 0.25) is 0 Å². The molecule has 0 nitrogen and oxygen atoms in total. The van der Waals surface area contributed by atoms with Gasteiger partial charge in [-0.2, -0.15) is 0 Å². The minimum atomic E-state index is 1.17. The minimum absolute atomic E-state index is 1.17. The van der Waals surface area contributed by atoms with Crippen molar-refractivity contribution in [2.75, 3.05) is 0 Å². The second-order valence-corrected chi connectivity index (χ2v) is 2.11. The Labute approximate surface area is 74.6 Å². The third kappa shape index (κ3) is 5.28. The van der Waals surface area contributed by atoms with Crippen LogP contribution in [0.15, 0.2) is 55.3 Å². The quantitative estimate of drug-likeness (QED) is 0.547. The molecule has 0 heterocycles. The zero-order valence-corrected chi connectivity index (χ0v) is 7.46. The molecule has 0 N–H and O–H groups in total. The van der Waals surface area contributed by atoms with Gasteiger partial charge in [0.25, 0.3) is 0 Å². The van der Waals surface area contributed by atoms with Crippen molar-refractivity contribution in [3.05, 3.63) is 60.9 Å². The lowest BCUT2D eigenvalue weighted by atomic mass is 10.2. The van der Waals surface area contributed by atoms with Crippen LogP contribution in [-0.2, 0) is 0 Å². The number of allylic oxidation sites excluding steroid dienone is 1. The van der Waals surface area contributed by atoms with Gasteiger partial charge in [0.1, 0.15) is 0 Å². The van der Waals surface area contributed by atoms with Gasteiger partial charge < -0.3 is 0 Å². The van der Waals surface area contributed by atoms with Gasteiger partial charge in [0.05, 0.1) is 0 Å². The van der Waals surface area contributed by atoms with Crippen molar-refractivity contribution in [3.8, 4) is 0 Å². The van der Waals surface area contributed by atoms with Gasteiger partial charge in [0.15, 0.2) is 0 Å². The van der Waals surface area contributed by atoms with Crippen LogP contribution in [-0.4, -0.2) is 0 Å². The summed E-state index contributed by atoms with van der Waals surface area (Å²) in [6, 6.07) is 10.0. The molecule has 0 spiro atoms. The summed E-state index contributed by atoms with van der Waals surface area (Å²) < 4.78 is 0. The summed E-state index contributed by atoms with van der Waals surface area (Å²) in [7, 11) is 0. The Balaban J connectivity index is 0.000000261. The fourth-order valence-corrected chi connectivity index (χ4v) is 0.589. The summed E-state index contributed by atoms with van der Waals surface area (Å²) >= 11 is 0. The molecular weight excluding hydrogens is 144 g/mol. The predicted octanol–water partition coefficient (Wildman–Crippen LogP) is 3.68. The molecule has 0 atom stereocenters. The second kappa shape index (κ2) is 7.59. The SMILES string of the molecule is C=C=CC.C=Cc1ccccc1. The predicted molar refractivity (Wildman–Crippen MR) is 55.9 cm³/mol. The van der Waals surface area contributed by atoms with E-state index in [0.29, 0.717) is 0 Å². The maximum Gasteiger partial charge on any atom is -0.0263 e. The maximum absolute atomic E-state index is 3.63. The van der Waals surface area contributed by atoms with Crippen molar-refractivity contribution in [1.82, 2.24) is 0 Å². The molecule has 0 aliphatic rings. The summed E-state index contributed by atoms with van der Waals surface area (Å²) in [4.78, 5) is 0. The molecule has 62 valence electrons. The first-order valence-corrected chi connectivity index (χ1v) is 3.83. The van der Waals surface area contributed by atoms with Gasteiger partial charge in [0, 0.05) is 0 Å². The molecule has 0 saturated carbocycles. The molecule has 0 bridgehead atoms. The monoisotopic (exact) mass is 158 g/mol. The number of hydrogen-bond acceptors (Lipinski definition) is 0. The zero-order valence-electron chi connectivity index (χ0n) is 7.46. The van der Waals surface area contributed by atoms with E-state index >= 15 is 0 Å². The Hall–Kier alpha value is -1.52. The van der Waals surface area contributed by atoms with Crippen molar-refractivity contribution in [1.29, 1.82) is 0 Å². The average Bonchev–Trinajstić information content (AvgIpc) is 2.19. The highest BCUT2D eigenvalue weighted by atomic mass is 13.8. The third-order valence-electron chi connectivity index (χ3n) is 1.24. The molecular formula is C12H14. The van der Waals surface area contributed by atoms with Crippen molar-refractivity contribution in [3.63, 3.8) is 0 Å². The summed E-state index contributed by atoms with van der Waals surface area (Å²) in [6.45, 7) is 8.81. The van der Waals surface area contributed by atoms with Crippen molar-refractivity contribution >= 4 is 6.08 Å². The Morgan fingerprint density at radius 2 is 1.75 bits per heavy atom. The summed E-state index contributed by atoms with van der Waals surface area (Å²) in [6.07, 6.45) is 3.60. The lowest BCUT2D eigenvalue weighted by Crippen LogP contribution is -1.63. The standard InChI is InChI=1S/C8H8.C4H6/c1-2-8-6-4-3-5-7-8;1-3-4-2/h2-7H,1H2;4H,1H2,2H3. The molecule has 12 heavy (non-hydrogen) atoms. The highest BCUT2D eigenvalue weighted by Gasteiger charge is 1.75. The topological polar surface area (TPSA) is 0 Å². The Bertz CT molecular complexity index is 251. The van der Waals surface area contributed by atoms with Gasteiger partial charge in [-0.25, -0.2) is 0 Å². The van der Waals surface area contributed by atoms with Crippen LogP contribution in [0.25, 0.3) is 6.08 Å². The van der Waals surface area contributed by atoms with Gasteiger partial charge >= 0.3 is 0 Å². The fraction of sp³-hybridized carbons (Fsp3) is 0.0833. The first kappa shape index (κ1) is 10.5. The molecule has 0 aliphatic heterocycles. The van der Waals surface area contributed by atoms with E-state index in [2.05, 4.69) is 18.9 Å². The van der Waals surface area contributed by atoms with E-state index in [9.17, 15) is 0 Å². The highest BCUT2D eigenvalue weighted by Crippen LogP contribution is 1.97. The second-order valence-electron chi connectivity index (χ2n) is 2.11. The molecule has 0 unspecified atom stereocenters. The number of benzene rings is 1. The van der Waals surface area contributed by atoms with Crippen molar-refractivity contribution < 1.29 is 0 Å². The van der Waals surface area contributed by atoms with Gasteiger partial charge in [-0.3, -0.25) is 0 Å². The average molecular weight is 158 g/mol. The number of hydrogen-bond donors (Lipinski definition) is 0. The smallest absolute Gasteiger partial charge is 0.0263 e. The molecule has 0 saturated heterocycles. The van der Waals surface area contributed by atoms with Gasteiger partial charge in [-0.05, 0) is 18.6 Å². The van der Waals surface area contributed by atoms with Crippen LogP contribution in [0, 0.1) is 0 Å². The molecule has 1 aromatic carbocycles. The van der Waals surface area contributed by atoms with E-state index in [0.717, 1.165) is 0 Å². The van der Waals surface area contributed by atoms with Crippen LogP contribution in [0.4, 0.5) is 0 Å². The molecule has 0 aliphatic carbocycles. The lowest BCUT2D eigenvalue weighted by Gasteiger charge is -1.85. The normalized spacial score (nSPS) is 7.08. The fourth-order valence-electron chi connectivity index (χ4n) is 0.589. The molecule has 1 aromatic rings.